The minimum atomic E-state index is -0.637. The first-order valence-electron chi connectivity index (χ1n) is 7.41. The zero-order valence-corrected chi connectivity index (χ0v) is 15.4. The number of aromatic nitrogens is 2. The molecule has 1 atom stereocenters. The molecule has 0 spiro atoms. The summed E-state index contributed by atoms with van der Waals surface area (Å²) < 4.78 is 11.0. The Hall–Kier alpha value is -2.68. The average Bonchev–Trinajstić information content (AvgIpc) is 3.16. The van der Waals surface area contributed by atoms with Crippen molar-refractivity contribution in [3.8, 4) is 0 Å². The molecule has 0 saturated carbocycles. The molecule has 8 nitrogen and oxygen atoms in total. The monoisotopic (exact) mass is 365 g/mol. The van der Waals surface area contributed by atoms with E-state index >= 15 is 0 Å². The third-order valence-electron chi connectivity index (χ3n) is 3.65. The van der Waals surface area contributed by atoms with Gasteiger partial charge in [0.25, 0.3) is 0 Å². The van der Waals surface area contributed by atoms with E-state index in [0.29, 0.717) is 5.56 Å². The second-order valence-corrected chi connectivity index (χ2v) is 6.43. The summed E-state index contributed by atoms with van der Waals surface area (Å²) in [5.74, 6) is -1.59. The minimum Gasteiger partial charge on any atom is -0.465 e. The Morgan fingerprint density at radius 2 is 1.84 bits per heavy atom. The maximum Gasteiger partial charge on any atom is 0.348 e. The number of nitrogens with one attached hydrogen (secondary N) is 1. The minimum absolute atomic E-state index is 0.144. The van der Waals surface area contributed by atoms with Crippen molar-refractivity contribution in [1.82, 2.24) is 9.78 Å². The summed E-state index contributed by atoms with van der Waals surface area (Å²) in [6, 6.07) is -0.594. The topological polar surface area (TPSA) is 99.5 Å². The molecule has 1 N–H and O–H groups in total. The predicted molar refractivity (Wildman–Crippen MR) is 92.0 cm³/mol. The van der Waals surface area contributed by atoms with E-state index in [2.05, 4.69) is 10.4 Å². The van der Waals surface area contributed by atoms with Crippen LogP contribution >= 0.6 is 11.3 Å². The Bertz CT molecular complexity index is 824. The first kappa shape index (κ1) is 18.7. The maximum atomic E-state index is 12.5. The van der Waals surface area contributed by atoms with Gasteiger partial charge in [-0.3, -0.25) is 9.48 Å². The van der Waals surface area contributed by atoms with Gasteiger partial charge in [0, 0.05) is 6.20 Å². The molecule has 0 radical (unpaired) electrons. The smallest absolute Gasteiger partial charge is 0.348 e. The number of aryl methyl sites for hydroxylation is 1. The molecule has 0 aliphatic carbocycles. The van der Waals surface area contributed by atoms with Crippen LogP contribution in [-0.2, 0) is 14.3 Å². The lowest BCUT2D eigenvalue weighted by atomic mass is 10.1. The number of hydrogen-bond donors (Lipinski definition) is 1. The van der Waals surface area contributed by atoms with Gasteiger partial charge in [-0.2, -0.15) is 5.10 Å². The highest BCUT2D eigenvalue weighted by molar-refractivity contribution is 7.18. The van der Waals surface area contributed by atoms with E-state index in [1.54, 1.807) is 26.2 Å². The highest BCUT2D eigenvalue weighted by Crippen LogP contribution is 2.34. The molecule has 2 heterocycles. The van der Waals surface area contributed by atoms with Gasteiger partial charge in [0.15, 0.2) is 0 Å². The maximum absolute atomic E-state index is 12.5. The molecule has 2 rings (SSSR count). The Labute approximate surface area is 148 Å². The van der Waals surface area contributed by atoms with Gasteiger partial charge in [0.1, 0.15) is 15.9 Å². The summed E-state index contributed by atoms with van der Waals surface area (Å²) in [6.07, 6.45) is 3.39. The van der Waals surface area contributed by atoms with E-state index < -0.39 is 18.0 Å². The largest absolute Gasteiger partial charge is 0.465 e. The van der Waals surface area contributed by atoms with E-state index in [0.717, 1.165) is 16.9 Å². The van der Waals surface area contributed by atoms with Crippen molar-refractivity contribution in [2.75, 3.05) is 19.5 Å². The van der Waals surface area contributed by atoms with Crippen LogP contribution in [0.4, 0.5) is 5.00 Å². The summed E-state index contributed by atoms with van der Waals surface area (Å²) in [6.45, 7) is 5.15. The fourth-order valence-corrected chi connectivity index (χ4v) is 3.33. The van der Waals surface area contributed by atoms with Gasteiger partial charge in [-0.05, 0) is 31.9 Å². The van der Waals surface area contributed by atoms with Crippen molar-refractivity contribution in [3.05, 3.63) is 34.0 Å². The molecule has 1 unspecified atom stereocenters. The molecule has 9 heteroatoms. The Balaban J connectivity index is 2.35. The van der Waals surface area contributed by atoms with Gasteiger partial charge in [-0.25, -0.2) is 9.59 Å². The fourth-order valence-electron chi connectivity index (χ4n) is 2.22. The molecule has 134 valence electrons. The molecule has 0 aromatic carbocycles. The van der Waals surface area contributed by atoms with Crippen LogP contribution in [0.5, 0.6) is 0 Å². The van der Waals surface area contributed by atoms with Crippen molar-refractivity contribution < 1.29 is 23.9 Å². The van der Waals surface area contributed by atoms with Crippen molar-refractivity contribution in [2.45, 2.75) is 26.8 Å². The second-order valence-electron chi connectivity index (χ2n) is 5.41. The second kappa shape index (κ2) is 7.47. The van der Waals surface area contributed by atoms with Crippen LogP contribution < -0.4 is 5.32 Å². The van der Waals surface area contributed by atoms with Gasteiger partial charge < -0.3 is 14.8 Å². The summed E-state index contributed by atoms with van der Waals surface area (Å²) in [4.78, 5) is 36.7. The normalized spacial score (nSPS) is 11.7. The Morgan fingerprint density at radius 1 is 1.20 bits per heavy atom. The number of carbonyl (C=O) groups excluding carboxylic acids is 3. The van der Waals surface area contributed by atoms with Crippen molar-refractivity contribution in [2.24, 2.45) is 0 Å². The van der Waals surface area contributed by atoms with Crippen LogP contribution in [0, 0.1) is 13.8 Å². The summed E-state index contributed by atoms with van der Waals surface area (Å²) in [5.41, 5.74) is 1.47. The Kier molecular flexibility index (Phi) is 5.58. The lowest BCUT2D eigenvalue weighted by Crippen LogP contribution is -2.24. The van der Waals surface area contributed by atoms with Crippen molar-refractivity contribution in [3.63, 3.8) is 0 Å². The van der Waals surface area contributed by atoms with Crippen LogP contribution in [0.3, 0.4) is 0 Å². The summed E-state index contributed by atoms with van der Waals surface area (Å²) >= 11 is 0.972. The zero-order chi connectivity index (χ0) is 18.7. The molecule has 25 heavy (non-hydrogen) atoms. The number of anilines is 1. The number of carbonyl (C=O) groups is 3. The highest BCUT2D eigenvalue weighted by Gasteiger charge is 2.28. The van der Waals surface area contributed by atoms with Gasteiger partial charge >= 0.3 is 11.9 Å². The van der Waals surface area contributed by atoms with E-state index in [4.69, 9.17) is 9.47 Å². The number of thiophene rings is 1. The first-order valence-corrected chi connectivity index (χ1v) is 8.23. The molecule has 0 saturated heterocycles. The van der Waals surface area contributed by atoms with E-state index in [1.165, 1.54) is 18.9 Å². The van der Waals surface area contributed by atoms with E-state index in [1.807, 2.05) is 6.92 Å². The number of hydrogen-bond acceptors (Lipinski definition) is 7. The lowest BCUT2D eigenvalue weighted by Gasteiger charge is -2.12. The molecule has 0 fully saturated rings. The van der Waals surface area contributed by atoms with Crippen molar-refractivity contribution >= 4 is 34.2 Å². The molecule has 0 aliphatic rings. The standard InChI is InChI=1S/C16H19N3O5S/c1-8-6-17-19(7-8)10(3)13(20)18-14-11(15(21)23-4)9(2)12(25-14)16(22)24-5/h6-7,10H,1-5H3,(H,18,20). The molecule has 0 bridgehead atoms. The Morgan fingerprint density at radius 3 is 2.36 bits per heavy atom. The first-order chi connectivity index (χ1) is 11.8. The summed E-state index contributed by atoms with van der Waals surface area (Å²) in [5, 5.41) is 7.03. The SMILES string of the molecule is COC(=O)c1sc(NC(=O)C(C)n2cc(C)cn2)c(C(=O)OC)c1C. The van der Waals surface area contributed by atoms with Crippen molar-refractivity contribution in [1.29, 1.82) is 0 Å². The number of ether oxygens (including phenoxy) is 2. The molecular formula is C16H19N3O5S. The highest BCUT2D eigenvalue weighted by atomic mass is 32.1. The van der Waals surface area contributed by atoms with Crippen LogP contribution in [0.15, 0.2) is 12.4 Å². The van der Waals surface area contributed by atoms with Gasteiger partial charge in [0.05, 0.1) is 26.0 Å². The van der Waals surface area contributed by atoms with E-state index in [-0.39, 0.29) is 21.3 Å². The molecule has 2 aromatic rings. The number of amides is 1. The number of esters is 2. The van der Waals surface area contributed by atoms with Crippen LogP contribution in [0.25, 0.3) is 0 Å². The third kappa shape index (κ3) is 3.71. The van der Waals surface area contributed by atoms with E-state index in [9.17, 15) is 14.4 Å². The molecule has 2 aromatic heterocycles. The van der Waals surface area contributed by atoms with Gasteiger partial charge in [-0.1, -0.05) is 0 Å². The lowest BCUT2D eigenvalue weighted by molar-refractivity contribution is -0.119. The number of nitrogens with zero attached hydrogens (tertiary/aromatic N) is 2. The molecule has 0 aliphatic heterocycles. The molecule has 1 amide bonds. The average molecular weight is 365 g/mol. The number of rotatable bonds is 5. The third-order valence-corrected chi connectivity index (χ3v) is 4.84. The van der Waals surface area contributed by atoms with Gasteiger partial charge in [0.2, 0.25) is 5.91 Å². The molecular weight excluding hydrogens is 346 g/mol. The quantitative estimate of drug-likeness (QED) is 0.817. The predicted octanol–water partition coefficient (Wildman–Crippen LogP) is 2.33. The van der Waals surface area contributed by atoms with Crippen LogP contribution in [0.2, 0.25) is 0 Å². The van der Waals surface area contributed by atoms with Crippen LogP contribution in [-0.4, -0.2) is 41.8 Å². The number of methoxy groups -OCH3 is 2. The summed E-state index contributed by atoms with van der Waals surface area (Å²) in [7, 11) is 2.48. The fraction of sp³-hybridized carbons (Fsp3) is 0.375. The van der Waals surface area contributed by atoms with Gasteiger partial charge in [-0.15, -0.1) is 11.3 Å². The zero-order valence-electron chi connectivity index (χ0n) is 14.6. The van der Waals surface area contributed by atoms with Crippen LogP contribution in [0.1, 0.15) is 44.1 Å².